The molecular formula is C34H36F2N4O5S. The molecule has 2 saturated heterocycles. The lowest BCUT2D eigenvalue weighted by Crippen LogP contribution is -2.43. The highest BCUT2D eigenvalue weighted by atomic mass is 32.2. The first-order chi connectivity index (χ1) is 22.0. The van der Waals surface area contributed by atoms with E-state index >= 15 is 0 Å². The summed E-state index contributed by atoms with van der Waals surface area (Å²) in [5, 5.41) is 12.0. The van der Waals surface area contributed by atoms with Crippen LogP contribution in [0.4, 0.5) is 14.5 Å². The second-order valence-electron chi connectivity index (χ2n) is 12.6. The Morgan fingerprint density at radius 2 is 1.91 bits per heavy atom. The quantitative estimate of drug-likeness (QED) is 0.243. The SMILES string of the molecule is CCc1c(F)ccc2cc(O)cc(N3CCc4c(nc(OC[C@@]56CCCN5C[C@H](F)C6)nc4OS(=O)(=O)c4ccc(C)cc4)C3)c12. The summed E-state index contributed by atoms with van der Waals surface area (Å²) in [5.74, 6) is -0.390. The zero-order valence-electron chi connectivity index (χ0n) is 25.8. The zero-order valence-corrected chi connectivity index (χ0v) is 26.6. The van der Waals surface area contributed by atoms with Gasteiger partial charge in [-0.3, -0.25) is 4.90 Å². The first-order valence-corrected chi connectivity index (χ1v) is 17.1. The minimum atomic E-state index is -4.24. The number of hydrogen-bond donors (Lipinski definition) is 1. The number of aromatic nitrogens is 2. The van der Waals surface area contributed by atoms with Crippen LogP contribution in [-0.2, 0) is 29.5 Å². The van der Waals surface area contributed by atoms with Gasteiger partial charge in [-0.2, -0.15) is 18.4 Å². The van der Waals surface area contributed by atoms with Crippen molar-refractivity contribution >= 4 is 26.6 Å². The van der Waals surface area contributed by atoms with Crippen LogP contribution in [0.5, 0.6) is 17.6 Å². The van der Waals surface area contributed by atoms with Crippen LogP contribution in [0, 0.1) is 12.7 Å². The summed E-state index contributed by atoms with van der Waals surface area (Å²) in [6.45, 7) is 5.69. The van der Waals surface area contributed by atoms with Gasteiger partial charge in [-0.25, -0.2) is 8.78 Å². The van der Waals surface area contributed by atoms with Gasteiger partial charge < -0.3 is 18.9 Å². The lowest BCUT2D eigenvalue weighted by atomic mass is 9.95. The number of ether oxygens (including phenoxy) is 1. The van der Waals surface area contributed by atoms with E-state index in [9.17, 15) is 22.3 Å². The van der Waals surface area contributed by atoms with Crippen LogP contribution >= 0.6 is 0 Å². The Labute approximate surface area is 266 Å². The standard InChI is InChI=1S/C34H36F2N4O5S/c1-3-26-28(36)10-7-22-15-24(41)16-30(31(22)26)39-14-11-27-29(19-39)37-33(44-20-34-12-4-13-40(34)18-23(35)17-34)38-32(27)45-46(42,43)25-8-5-21(2)6-9-25/h5-10,15-16,23,41H,3-4,11-14,17-20H2,1-2H3/t23-,34+/m1/s1. The first-order valence-electron chi connectivity index (χ1n) is 15.7. The Bertz CT molecular complexity index is 1920. The number of fused-ring (bicyclic) bond motifs is 3. The summed E-state index contributed by atoms with van der Waals surface area (Å²) in [6.07, 6.45) is 1.94. The van der Waals surface area contributed by atoms with E-state index in [1.165, 1.54) is 18.2 Å². The maximum Gasteiger partial charge on any atom is 0.340 e. The largest absolute Gasteiger partial charge is 0.508 e. The summed E-state index contributed by atoms with van der Waals surface area (Å²) < 4.78 is 68.0. The Kier molecular flexibility index (Phi) is 7.75. The maximum absolute atomic E-state index is 14.9. The van der Waals surface area contributed by atoms with Crippen molar-refractivity contribution in [1.29, 1.82) is 0 Å². The van der Waals surface area contributed by atoms with Crippen molar-refractivity contribution in [2.75, 3.05) is 31.1 Å². The third-order valence-electron chi connectivity index (χ3n) is 9.56. The summed E-state index contributed by atoms with van der Waals surface area (Å²) in [5.41, 5.74) is 2.65. The highest BCUT2D eigenvalue weighted by molar-refractivity contribution is 7.87. The Hall–Kier alpha value is -4.03. The van der Waals surface area contributed by atoms with E-state index in [0.29, 0.717) is 65.6 Å². The normalized spacial score (nSPS) is 21.4. The van der Waals surface area contributed by atoms with E-state index in [4.69, 9.17) is 13.9 Å². The molecular weight excluding hydrogens is 614 g/mol. The molecule has 0 aliphatic carbocycles. The van der Waals surface area contributed by atoms with Gasteiger partial charge in [0.2, 0.25) is 5.88 Å². The van der Waals surface area contributed by atoms with E-state index < -0.39 is 21.8 Å². The number of phenols is 1. The minimum absolute atomic E-state index is 0.00820. The molecule has 46 heavy (non-hydrogen) atoms. The van der Waals surface area contributed by atoms with Gasteiger partial charge in [-0.1, -0.05) is 30.7 Å². The van der Waals surface area contributed by atoms with Crippen LogP contribution in [0.1, 0.15) is 48.6 Å². The van der Waals surface area contributed by atoms with Crippen LogP contribution < -0.4 is 13.8 Å². The number of phenolic OH excluding ortho intramolecular Hbond substituents is 1. The molecule has 0 unspecified atom stereocenters. The molecule has 2 fully saturated rings. The molecule has 0 saturated carbocycles. The van der Waals surface area contributed by atoms with Crippen molar-refractivity contribution in [2.45, 2.75) is 69.1 Å². The summed E-state index contributed by atoms with van der Waals surface area (Å²) >= 11 is 0. The Morgan fingerprint density at radius 1 is 1.11 bits per heavy atom. The molecule has 12 heteroatoms. The molecule has 3 aliphatic rings. The molecule has 4 aromatic rings. The van der Waals surface area contributed by atoms with Gasteiger partial charge in [-0.15, -0.1) is 0 Å². The highest BCUT2D eigenvalue weighted by Gasteiger charge is 2.49. The molecule has 9 nitrogen and oxygen atoms in total. The molecule has 0 bridgehead atoms. The summed E-state index contributed by atoms with van der Waals surface area (Å²) in [7, 11) is -4.24. The van der Waals surface area contributed by atoms with Crippen LogP contribution in [0.15, 0.2) is 53.4 Å². The number of alkyl halides is 1. The maximum atomic E-state index is 14.9. The topological polar surface area (TPSA) is 105 Å². The average Bonchev–Trinajstić information content (AvgIpc) is 3.55. The van der Waals surface area contributed by atoms with Crippen molar-refractivity contribution in [1.82, 2.24) is 14.9 Å². The zero-order chi connectivity index (χ0) is 32.2. The number of hydrogen-bond acceptors (Lipinski definition) is 9. The monoisotopic (exact) mass is 650 g/mol. The minimum Gasteiger partial charge on any atom is -0.508 e. The Balaban J connectivity index is 1.27. The fourth-order valence-corrected chi connectivity index (χ4v) is 8.20. The number of anilines is 1. The van der Waals surface area contributed by atoms with Gasteiger partial charge in [0.1, 0.15) is 29.2 Å². The Morgan fingerprint density at radius 3 is 2.70 bits per heavy atom. The predicted octanol–water partition coefficient (Wildman–Crippen LogP) is 5.63. The van der Waals surface area contributed by atoms with Gasteiger partial charge >= 0.3 is 16.1 Å². The predicted molar refractivity (Wildman–Crippen MR) is 169 cm³/mol. The van der Waals surface area contributed by atoms with E-state index in [2.05, 4.69) is 9.88 Å². The van der Waals surface area contributed by atoms with Crippen molar-refractivity contribution < 1.29 is 31.2 Å². The van der Waals surface area contributed by atoms with Gasteiger partial charge in [0.15, 0.2) is 0 Å². The molecule has 0 amide bonds. The molecule has 0 spiro atoms. The average molecular weight is 651 g/mol. The second-order valence-corrected chi connectivity index (χ2v) is 14.1. The summed E-state index contributed by atoms with van der Waals surface area (Å²) in [4.78, 5) is 13.3. The van der Waals surface area contributed by atoms with E-state index in [1.807, 2.05) is 18.7 Å². The smallest absolute Gasteiger partial charge is 0.340 e. The van der Waals surface area contributed by atoms with Crippen LogP contribution in [0.3, 0.4) is 0 Å². The molecule has 242 valence electrons. The molecule has 1 N–H and O–H groups in total. The van der Waals surface area contributed by atoms with Crippen molar-refractivity contribution in [3.05, 3.63) is 76.7 Å². The molecule has 3 aliphatic heterocycles. The lowest BCUT2D eigenvalue weighted by Gasteiger charge is -2.33. The molecule has 7 rings (SSSR count). The van der Waals surface area contributed by atoms with Crippen LogP contribution in [-0.4, -0.2) is 66.3 Å². The molecule has 4 heterocycles. The number of aryl methyl sites for hydroxylation is 2. The van der Waals surface area contributed by atoms with Gasteiger partial charge in [0, 0.05) is 42.2 Å². The number of nitrogens with zero attached hydrogens (tertiary/aromatic N) is 4. The molecule has 2 atom stereocenters. The number of benzene rings is 3. The van der Waals surface area contributed by atoms with Crippen molar-refractivity contribution in [3.63, 3.8) is 0 Å². The van der Waals surface area contributed by atoms with Gasteiger partial charge in [0.25, 0.3) is 0 Å². The van der Waals surface area contributed by atoms with Gasteiger partial charge in [-0.05, 0) is 74.4 Å². The van der Waals surface area contributed by atoms with E-state index in [1.54, 1.807) is 30.3 Å². The third-order valence-corrected chi connectivity index (χ3v) is 10.8. The lowest BCUT2D eigenvalue weighted by molar-refractivity contribution is 0.106. The van der Waals surface area contributed by atoms with Crippen LogP contribution in [0.2, 0.25) is 0 Å². The first kappa shape index (κ1) is 30.6. The molecule has 3 aromatic carbocycles. The molecule has 1 aromatic heterocycles. The highest BCUT2D eigenvalue weighted by Crippen LogP contribution is 2.42. The van der Waals surface area contributed by atoms with Crippen molar-refractivity contribution in [2.24, 2.45) is 0 Å². The number of aromatic hydroxyl groups is 1. The third kappa shape index (κ3) is 5.51. The van der Waals surface area contributed by atoms with E-state index in [-0.39, 0.29) is 41.5 Å². The fraction of sp³-hybridized carbons (Fsp3) is 0.412. The van der Waals surface area contributed by atoms with Crippen LogP contribution in [0.25, 0.3) is 10.8 Å². The van der Waals surface area contributed by atoms with Crippen molar-refractivity contribution in [3.8, 4) is 17.6 Å². The number of rotatable bonds is 8. The van der Waals surface area contributed by atoms with E-state index in [0.717, 1.165) is 24.9 Å². The molecule has 0 radical (unpaired) electrons. The second kappa shape index (κ2) is 11.6. The fourth-order valence-electron chi connectivity index (χ4n) is 7.29. The summed E-state index contributed by atoms with van der Waals surface area (Å²) in [6, 6.07) is 12.6. The van der Waals surface area contributed by atoms with Gasteiger partial charge in [0.05, 0.1) is 17.8 Å². The number of halogens is 2.